The molecule has 0 aromatic heterocycles. The van der Waals surface area contributed by atoms with Crippen molar-refractivity contribution in [3.05, 3.63) is 65.7 Å². The van der Waals surface area contributed by atoms with Crippen LogP contribution in [0.2, 0.25) is 0 Å². The van der Waals surface area contributed by atoms with Crippen LogP contribution in [-0.4, -0.2) is 55.5 Å². The van der Waals surface area contributed by atoms with Gasteiger partial charge >= 0.3 is 0 Å². The van der Waals surface area contributed by atoms with Crippen LogP contribution in [0, 0.1) is 0 Å². The molecule has 0 saturated carbocycles. The van der Waals surface area contributed by atoms with Gasteiger partial charge in [0.25, 0.3) is 0 Å². The molecule has 0 N–H and O–H groups in total. The van der Waals surface area contributed by atoms with Crippen LogP contribution in [0.4, 0.5) is 0 Å². The monoisotopic (exact) mass is 368 g/mol. The molecule has 0 unspecified atom stereocenters. The van der Waals surface area contributed by atoms with Crippen LogP contribution in [0.3, 0.4) is 0 Å². The van der Waals surface area contributed by atoms with Crippen molar-refractivity contribution >= 4 is 5.91 Å². The van der Waals surface area contributed by atoms with E-state index in [0.29, 0.717) is 6.42 Å². The molecule has 0 saturated heterocycles. The van der Waals surface area contributed by atoms with Crippen LogP contribution >= 0.6 is 0 Å². The lowest BCUT2D eigenvalue weighted by molar-refractivity contribution is -0.130. The number of likely N-dealkylation sites (N-methyl/N-ethyl adjacent to an activating group) is 1. The molecule has 0 atom stereocenters. The Morgan fingerprint density at radius 1 is 0.852 bits per heavy atom. The molecule has 2 rings (SSSR count). The minimum Gasteiger partial charge on any atom is -0.497 e. The summed E-state index contributed by atoms with van der Waals surface area (Å²) in [6.07, 6.45) is 1.31. The van der Waals surface area contributed by atoms with Gasteiger partial charge in [-0.3, -0.25) is 4.79 Å². The van der Waals surface area contributed by atoms with Gasteiger partial charge in [-0.05, 0) is 42.8 Å². The maximum Gasteiger partial charge on any atom is 0.227 e. The second-order valence-electron chi connectivity index (χ2n) is 6.67. The van der Waals surface area contributed by atoms with Crippen molar-refractivity contribution in [2.75, 3.05) is 39.8 Å². The van der Waals surface area contributed by atoms with Gasteiger partial charge in [0, 0.05) is 19.6 Å². The van der Waals surface area contributed by atoms with Gasteiger partial charge in [-0.15, -0.1) is 0 Å². The average molecular weight is 369 g/mol. The number of methoxy groups -OCH3 is 1. The Hall–Kier alpha value is -2.33. The number of carbonyl (C=O) groups is 1. The molecule has 1 amide bonds. The van der Waals surface area contributed by atoms with E-state index >= 15 is 0 Å². The summed E-state index contributed by atoms with van der Waals surface area (Å²) in [5.41, 5.74) is 2.29. The van der Waals surface area contributed by atoms with Crippen molar-refractivity contribution in [2.45, 2.75) is 26.7 Å². The lowest BCUT2D eigenvalue weighted by Gasteiger charge is -2.27. The van der Waals surface area contributed by atoms with Gasteiger partial charge in [0.05, 0.1) is 13.5 Å². The van der Waals surface area contributed by atoms with Crippen LogP contribution in [0.25, 0.3) is 0 Å². The predicted octanol–water partition coefficient (Wildman–Crippen LogP) is 3.65. The molecule has 4 heteroatoms. The summed E-state index contributed by atoms with van der Waals surface area (Å²) in [4.78, 5) is 17.3. The Labute approximate surface area is 163 Å². The van der Waals surface area contributed by atoms with Crippen molar-refractivity contribution in [1.29, 1.82) is 0 Å². The lowest BCUT2D eigenvalue weighted by Crippen LogP contribution is -2.40. The highest BCUT2D eigenvalue weighted by Crippen LogP contribution is 2.13. The maximum atomic E-state index is 13.0. The van der Waals surface area contributed by atoms with Crippen LogP contribution in [0.15, 0.2) is 54.6 Å². The molecule has 2 aromatic carbocycles. The second kappa shape index (κ2) is 11.4. The molecule has 0 heterocycles. The molecule has 146 valence electrons. The second-order valence-corrected chi connectivity index (χ2v) is 6.67. The summed E-state index contributed by atoms with van der Waals surface area (Å²) in [5.74, 6) is 0.997. The van der Waals surface area contributed by atoms with E-state index in [1.165, 1.54) is 5.56 Å². The first-order chi connectivity index (χ1) is 13.2. The highest BCUT2D eigenvalue weighted by Gasteiger charge is 2.15. The third-order valence-electron chi connectivity index (χ3n) is 4.96. The standard InChI is InChI=1S/C23H32N2O2/c1-4-24(5-2)17-18-25(16-15-20-9-7-6-8-10-20)23(26)19-21-11-13-22(27-3)14-12-21/h6-14H,4-5,15-19H2,1-3H3. The summed E-state index contributed by atoms with van der Waals surface area (Å²) < 4.78 is 5.20. The first-order valence-corrected chi connectivity index (χ1v) is 9.83. The minimum atomic E-state index is 0.184. The molecule has 0 bridgehead atoms. The van der Waals surface area contributed by atoms with E-state index < -0.39 is 0 Å². The third-order valence-corrected chi connectivity index (χ3v) is 4.96. The fourth-order valence-electron chi connectivity index (χ4n) is 3.10. The number of carbonyl (C=O) groups excluding carboxylic acids is 1. The fraction of sp³-hybridized carbons (Fsp3) is 0.435. The van der Waals surface area contributed by atoms with Gasteiger partial charge in [-0.2, -0.15) is 0 Å². The van der Waals surface area contributed by atoms with E-state index in [-0.39, 0.29) is 5.91 Å². The Bertz CT molecular complexity index is 667. The van der Waals surface area contributed by atoms with Gasteiger partial charge in [-0.1, -0.05) is 56.3 Å². The number of hydrogen-bond acceptors (Lipinski definition) is 3. The van der Waals surface area contributed by atoms with Gasteiger partial charge in [0.1, 0.15) is 5.75 Å². The summed E-state index contributed by atoms with van der Waals surface area (Å²) in [7, 11) is 1.65. The van der Waals surface area contributed by atoms with Crippen LogP contribution in [0.1, 0.15) is 25.0 Å². The first kappa shape index (κ1) is 21.0. The molecule has 0 fully saturated rings. The molecule has 0 spiro atoms. The number of amides is 1. The summed E-state index contributed by atoms with van der Waals surface area (Å²) in [6, 6.07) is 18.1. The zero-order valence-corrected chi connectivity index (χ0v) is 16.9. The molecule has 0 aliphatic rings. The first-order valence-electron chi connectivity index (χ1n) is 9.83. The number of benzene rings is 2. The van der Waals surface area contributed by atoms with E-state index in [1.807, 2.05) is 35.2 Å². The SMILES string of the molecule is CCN(CC)CCN(CCc1ccccc1)C(=O)Cc1ccc(OC)cc1. The van der Waals surface area contributed by atoms with Gasteiger partial charge in [0.2, 0.25) is 5.91 Å². The summed E-state index contributed by atoms with van der Waals surface area (Å²) in [5, 5.41) is 0. The predicted molar refractivity (Wildman–Crippen MR) is 111 cm³/mol. The third kappa shape index (κ3) is 7.06. The molecular formula is C23H32N2O2. The summed E-state index contributed by atoms with van der Waals surface area (Å²) >= 11 is 0. The average Bonchev–Trinajstić information content (AvgIpc) is 2.72. The smallest absolute Gasteiger partial charge is 0.227 e. The molecule has 27 heavy (non-hydrogen) atoms. The van der Waals surface area contributed by atoms with Crippen molar-refractivity contribution in [3.63, 3.8) is 0 Å². The highest BCUT2D eigenvalue weighted by atomic mass is 16.5. The Kier molecular flexibility index (Phi) is 8.85. The lowest BCUT2D eigenvalue weighted by atomic mass is 10.1. The van der Waals surface area contributed by atoms with Crippen molar-refractivity contribution in [2.24, 2.45) is 0 Å². The normalized spacial score (nSPS) is 10.8. The maximum absolute atomic E-state index is 13.0. The van der Waals surface area contributed by atoms with Crippen molar-refractivity contribution in [3.8, 4) is 5.75 Å². The van der Waals surface area contributed by atoms with E-state index in [1.54, 1.807) is 7.11 Å². The molecule has 0 aliphatic carbocycles. The van der Waals surface area contributed by atoms with E-state index in [4.69, 9.17) is 4.74 Å². The highest BCUT2D eigenvalue weighted by molar-refractivity contribution is 5.78. The zero-order chi connectivity index (χ0) is 19.5. The quantitative estimate of drug-likeness (QED) is 0.607. The molecule has 2 aromatic rings. The fourth-order valence-corrected chi connectivity index (χ4v) is 3.10. The topological polar surface area (TPSA) is 32.8 Å². The molecule has 0 aliphatic heterocycles. The Morgan fingerprint density at radius 2 is 1.52 bits per heavy atom. The van der Waals surface area contributed by atoms with Crippen LogP contribution in [0.5, 0.6) is 5.75 Å². The van der Waals surface area contributed by atoms with E-state index in [2.05, 4.69) is 43.0 Å². The summed E-state index contributed by atoms with van der Waals surface area (Å²) in [6.45, 7) is 8.78. The number of nitrogens with zero attached hydrogens (tertiary/aromatic N) is 2. The van der Waals surface area contributed by atoms with Crippen LogP contribution < -0.4 is 4.74 Å². The molecule has 0 radical (unpaired) electrons. The number of rotatable bonds is 11. The number of hydrogen-bond donors (Lipinski definition) is 0. The molecular weight excluding hydrogens is 336 g/mol. The van der Waals surface area contributed by atoms with Gasteiger partial charge in [-0.25, -0.2) is 0 Å². The Balaban J connectivity index is 2.00. The van der Waals surface area contributed by atoms with Crippen molar-refractivity contribution < 1.29 is 9.53 Å². The van der Waals surface area contributed by atoms with Crippen molar-refractivity contribution in [1.82, 2.24) is 9.80 Å². The largest absolute Gasteiger partial charge is 0.497 e. The molecule has 4 nitrogen and oxygen atoms in total. The Morgan fingerprint density at radius 3 is 2.11 bits per heavy atom. The zero-order valence-electron chi connectivity index (χ0n) is 16.9. The number of ether oxygens (including phenoxy) is 1. The van der Waals surface area contributed by atoms with Crippen LogP contribution in [-0.2, 0) is 17.6 Å². The van der Waals surface area contributed by atoms with E-state index in [9.17, 15) is 4.79 Å². The van der Waals surface area contributed by atoms with Gasteiger partial charge in [0.15, 0.2) is 0 Å². The van der Waals surface area contributed by atoms with E-state index in [0.717, 1.165) is 50.5 Å². The van der Waals surface area contributed by atoms with Gasteiger partial charge < -0.3 is 14.5 Å². The minimum absolute atomic E-state index is 0.184.